The van der Waals surface area contributed by atoms with Gasteiger partial charge in [-0.1, -0.05) is 109 Å². The molecule has 8 nitrogen and oxygen atoms in total. The molecule has 70 heavy (non-hydrogen) atoms. The largest absolute Gasteiger partial charge is 0.309 e. The molecule has 324 valence electrons. The third-order valence-corrected chi connectivity index (χ3v) is 14.7. The molecule has 16 rings (SSSR count). The van der Waals surface area contributed by atoms with Crippen LogP contribution >= 0.6 is 0 Å². The highest BCUT2D eigenvalue weighted by atomic mass is 15.0. The lowest BCUT2D eigenvalue weighted by molar-refractivity contribution is 1.15. The summed E-state index contributed by atoms with van der Waals surface area (Å²) in [5.41, 5.74) is 16.4. The van der Waals surface area contributed by atoms with Crippen molar-refractivity contribution in [2.75, 3.05) is 0 Å². The van der Waals surface area contributed by atoms with Crippen molar-refractivity contribution in [3.63, 3.8) is 0 Å². The van der Waals surface area contributed by atoms with E-state index >= 15 is 0 Å². The minimum absolute atomic E-state index is 0.783. The van der Waals surface area contributed by atoms with Gasteiger partial charge in [-0.25, -0.2) is 0 Å². The molecule has 0 aliphatic carbocycles. The Morgan fingerprint density at radius 1 is 0.214 bits per heavy atom. The van der Waals surface area contributed by atoms with Crippen LogP contribution in [0.1, 0.15) is 0 Å². The number of nitrogens with zero attached hydrogens (tertiary/aromatic N) is 8. The van der Waals surface area contributed by atoms with Crippen LogP contribution in [0.15, 0.2) is 219 Å². The van der Waals surface area contributed by atoms with Crippen molar-refractivity contribution in [3.05, 3.63) is 219 Å². The van der Waals surface area contributed by atoms with Gasteiger partial charge in [-0.15, -0.1) is 0 Å². The molecule has 0 radical (unpaired) electrons. The number of para-hydroxylation sites is 6. The Labute approximate surface area is 398 Å². The zero-order valence-electron chi connectivity index (χ0n) is 37.4. The van der Waals surface area contributed by atoms with Crippen LogP contribution in [-0.2, 0) is 0 Å². The smallest absolute Gasteiger partial charge is 0.0989 e. The zero-order chi connectivity index (χ0) is 45.6. The van der Waals surface area contributed by atoms with Gasteiger partial charge < -0.3 is 18.3 Å². The molecule has 0 fully saturated rings. The quantitative estimate of drug-likeness (QED) is 0.165. The van der Waals surface area contributed by atoms with Gasteiger partial charge in [-0.3, -0.25) is 19.9 Å². The maximum absolute atomic E-state index is 5.26. The van der Waals surface area contributed by atoms with Crippen molar-refractivity contribution in [2.24, 2.45) is 0 Å². The van der Waals surface area contributed by atoms with E-state index in [9.17, 15) is 0 Å². The average Bonchev–Trinajstić information content (AvgIpc) is 4.15. The maximum atomic E-state index is 5.26. The average molecular weight is 893 g/mol. The topological polar surface area (TPSA) is 71.3 Å². The highest BCUT2D eigenvalue weighted by Crippen LogP contribution is 2.41. The number of pyridine rings is 2. The van der Waals surface area contributed by atoms with Crippen LogP contribution < -0.4 is 0 Å². The monoisotopic (exact) mass is 892 g/mol. The number of aromatic nitrogens is 8. The number of hydrogen-bond donors (Lipinski definition) is 0. The van der Waals surface area contributed by atoms with E-state index in [2.05, 4.69) is 212 Å². The molecule has 0 saturated carbocycles. The van der Waals surface area contributed by atoms with E-state index in [4.69, 9.17) is 19.9 Å². The van der Waals surface area contributed by atoms with Gasteiger partial charge in [0.05, 0.1) is 90.0 Å². The summed E-state index contributed by atoms with van der Waals surface area (Å²) in [6.07, 6.45) is 7.51. The van der Waals surface area contributed by atoms with E-state index in [1.54, 1.807) is 12.4 Å². The van der Waals surface area contributed by atoms with E-state index in [1.165, 1.54) is 65.2 Å². The molecule has 7 aromatic heterocycles. The van der Waals surface area contributed by atoms with Gasteiger partial charge >= 0.3 is 0 Å². The Balaban J connectivity index is 0.869. The Morgan fingerprint density at radius 3 is 0.814 bits per heavy atom. The summed E-state index contributed by atoms with van der Waals surface area (Å²) in [6, 6.07) is 70.0. The zero-order valence-corrected chi connectivity index (χ0v) is 37.4. The van der Waals surface area contributed by atoms with E-state index in [0.717, 1.165) is 77.7 Å². The van der Waals surface area contributed by atoms with Gasteiger partial charge in [0.2, 0.25) is 0 Å². The fraction of sp³-hybridized carbons (Fsp3) is 0. The molecule has 0 unspecified atom stereocenters. The second kappa shape index (κ2) is 13.9. The fourth-order valence-corrected chi connectivity index (χ4v) is 11.8. The first-order valence-electron chi connectivity index (χ1n) is 23.6. The van der Waals surface area contributed by atoms with Crippen LogP contribution in [0, 0.1) is 0 Å². The third kappa shape index (κ3) is 5.03. The molecule has 0 N–H and O–H groups in total. The van der Waals surface area contributed by atoms with E-state index in [-0.39, 0.29) is 0 Å². The molecule has 8 heteroatoms. The molecule has 0 spiro atoms. The van der Waals surface area contributed by atoms with Gasteiger partial charge in [0, 0.05) is 77.6 Å². The van der Waals surface area contributed by atoms with E-state index in [0.29, 0.717) is 0 Å². The van der Waals surface area contributed by atoms with Crippen LogP contribution in [-0.4, -0.2) is 38.2 Å². The standard InChI is InChI=1S/C62H36N8/c1-7-19-51-41(13-1)42-14-2-8-20-52(42)67(51)37-25-27-57-47(31-37)45-17-5-11-23-55(45)69(57)39-33-49-59-60(64-30-29-63-59)50-34-40(36-66-62(50)61(49)65-35-39)70-56-24-12-6-18-46(56)48-32-38(26-28-58(48)70)68-53-21-9-3-15-43(53)44-16-4-10-22-54(44)68/h1-36H. The maximum Gasteiger partial charge on any atom is 0.0989 e. The minimum atomic E-state index is 0.783. The Hall–Kier alpha value is -9.66. The van der Waals surface area contributed by atoms with Crippen LogP contribution in [0.4, 0.5) is 0 Å². The van der Waals surface area contributed by atoms with Crippen molar-refractivity contribution in [3.8, 4) is 22.7 Å². The van der Waals surface area contributed by atoms with Crippen molar-refractivity contribution >= 4 is 120 Å². The van der Waals surface area contributed by atoms with Crippen molar-refractivity contribution < 1.29 is 0 Å². The highest BCUT2D eigenvalue weighted by molar-refractivity contribution is 6.22. The summed E-state index contributed by atoms with van der Waals surface area (Å²) >= 11 is 0. The third-order valence-electron chi connectivity index (χ3n) is 14.7. The highest BCUT2D eigenvalue weighted by Gasteiger charge is 2.21. The SMILES string of the molecule is c1ccc2c(c1)c1ccccc1n2-c1ccc2c(c1)c1ccccc1n2-c1cnc2c(c1)c1nccnc1c1cc(-n3c4ccccc4c4cc(-n5c6ccccc6c6ccccc65)ccc43)cnc12. The lowest BCUT2D eigenvalue weighted by Crippen LogP contribution is -2.00. The molecular formula is C62H36N8. The van der Waals surface area contributed by atoms with E-state index in [1.807, 2.05) is 12.4 Å². The first-order chi connectivity index (χ1) is 34.7. The second-order valence-corrected chi connectivity index (χ2v) is 18.3. The lowest BCUT2D eigenvalue weighted by Gasteiger charge is -2.14. The molecule has 0 atom stereocenters. The van der Waals surface area contributed by atoms with Crippen LogP contribution in [0.25, 0.3) is 143 Å². The summed E-state index contributed by atoms with van der Waals surface area (Å²) in [6.45, 7) is 0. The van der Waals surface area contributed by atoms with Crippen molar-refractivity contribution in [2.45, 2.75) is 0 Å². The number of hydrogen-bond acceptors (Lipinski definition) is 4. The summed E-state index contributed by atoms with van der Waals surface area (Å²) in [5, 5.41) is 11.5. The second-order valence-electron chi connectivity index (χ2n) is 18.3. The van der Waals surface area contributed by atoms with Gasteiger partial charge in [0.1, 0.15) is 0 Å². The van der Waals surface area contributed by atoms with Crippen molar-refractivity contribution in [1.29, 1.82) is 0 Å². The summed E-state index contributed by atoms with van der Waals surface area (Å²) in [5.74, 6) is 0. The predicted octanol–water partition coefficient (Wildman–Crippen LogP) is 15.1. The number of fused-ring (bicyclic) bond motifs is 18. The molecule has 16 aromatic rings. The van der Waals surface area contributed by atoms with E-state index < -0.39 is 0 Å². The summed E-state index contributed by atoms with van der Waals surface area (Å²) in [7, 11) is 0. The Bertz CT molecular complexity index is 4480. The first kappa shape index (κ1) is 37.4. The fourth-order valence-electron chi connectivity index (χ4n) is 11.8. The summed E-state index contributed by atoms with van der Waals surface area (Å²) < 4.78 is 9.41. The molecular weight excluding hydrogens is 857 g/mol. The van der Waals surface area contributed by atoms with Crippen LogP contribution in [0.3, 0.4) is 0 Å². The molecule has 0 aliphatic heterocycles. The van der Waals surface area contributed by atoms with Gasteiger partial charge in [0.15, 0.2) is 0 Å². The lowest BCUT2D eigenvalue weighted by atomic mass is 10.1. The number of rotatable bonds is 4. The molecule has 0 bridgehead atoms. The number of benzene rings is 9. The Kier molecular flexibility index (Phi) is 7.46. The van der Waals surface area contributed by atoms with Crippen LogP contribution in [0.5, 0.6) is 0 Å². The van der Waals surface area contributed by atoms with Gasteiger partial charge in [-0.2, -0.15) is 0 Å². The summed E-state index contributed by atoms with van der Waals surface area (Å²) in [4.78, 5) is 20.6. The Morgan fingerprint density at radius 2 is 0.471 bits per heavy atom. The molecule has 0 amide bonds. The van der Waals surface area contributed by atoms with Gasteiger partial charge in [-0.05, 0) is 84.9 Å². The normalized spacial score (nSPS) is 12.3. The van der Waals surface area contributed by atoms with Crippen LogP contribution in [0.2, 0.25) is 0 Å². The molecule has 9 aromatic carbocycles. The minimum Gasteiger partial charge on any atom is -0.309 e. The molecule has 0 aliphatic rings. The molecule has 7 heterocycles. The first-order valence-corrected chi connectivity index (χ1v) is 23.6. The van der Waals surface area contributed by atoms with Gasteiger partial charge in [0.25, 0.3) is 0 Å². The van der Waals surface area contributed by atoms with Crippen molar-refractivity contribution in [1.82, 2.24) is 38.2 Å². The molecule has 0 saturated heterocycles. The predicted molar refractivity (Wildman–Crippen MR) is 287 cm³/mol.